The number of carboxylic acids is 1. The Hall–Kier alpha value is -1.29. The first-order chi connectivity index (χ1) is 8.74. The molecule has 1 saturated carbocycles. The highest BCUT2D eigenvalue weighted by Crippen LogP contribution is 2.36. The molecule has 2 aliphatic rings. The van der Waals surface area contributed by atoms with E-state index in [1.807, 2.05) is 0 Å². The van der Waals surface area contributed by atoms with E-state index in [2.05, 4.69) is 4.90 Å². The highest BCUT2D eigenvalue weighted by atomic mass is 16.4. The van der Waals surface area contributed by atoms with Crippen molar-refractivity contribution in [3.63, 3.8) is 0 Å². The maximum Gasteiger partial charge on any atom is 0.371 e. The third-order valence-electron chi connectivity index (χ3n) is 4.36. The van der Waals surface area contributed by atoms with Crippen LogP contribution in [-0.4, -0.2) is 28.6 Å². The zero-order valence-corrected chi connectivity index (χ0v) is 10.5. The zero-order chi connectivity index (χ0) is 12.5. The van der Waals surface area contributed by atoms with E-state index < -0.39 is 5.97 Å². The molecule has 1 aliphatic carbocycles. The SMILES string of the molecule is O=C(O)c1ccc(CN2CCC3CCCCC32)o1. The summed E-state index contributed by atoms with van der Waals surface area (Å²) in [4.78, 5) is 13.2. The summed E-state index contributed by atoms with van der Waals surface area (Å²) in [5.74, 6) is 0.689. The van der Waals surface area contributed by atoms with E-state index >= 15 is 0 Å². The largest absolute Gasteiger partial charge is 0.475 e. The summed E-state index contributed by atoms with van der Waals surface area (Å²) >= 11 is 0. The molecule has 0 aromatic carbocycles. The van der Waals surface area contributed by atoms with Gasteiger partial charge in [-0.05, 0) is 43.9 Å². The summed E-state index contributed by atoms with van der Waals surface area (Å²) in [6, 6.07) is 4.03. The first-order valence-electron chi connectivity index (χ1n) is 6.80. The number of likely N-dealkylation sites (tertiary alicyclic amines) is 1. The van der Waals surface area contributed by atoms with Crippen molar-refractivity contribution in [2.24, 2.45) is 5.92 Å². The lowest BCUT2D eigenvalue weighted by Gasteiger charge is -2.31. The highest BCUT2D eigenvalue weighted by molar-refractivity contribution is 5.84. The third kappa shape index (κ3) is 2.17. The maximum absolute atomic E-state index is 10.8. The Morgan fingerprint density at radius 1 is 1.33 bits per heavy atom. The van der Waals surface area contributed by atoms with Crippen molar-refractivity contribution in [2.75, 3.05) is 6.54 Å². The van der Waals surface area contributed by atoms with Gasteiger partial charge in [0.15, 0.2) is 0 Å². The van der Waals surface area contributed by atoms with Crippen molar-refractivity contribution in [3.8, 4) is 0 Å². The minimum atomic E-state index is -0.988. The molecule has 4 nitrogen and oxygen atoms in total. The number of fused-ring (bicyclic) bond motifs is 1. The standard InChI is InChI=1S/C14H19NO3/c16-14(17)13-6-5-11(18-13)9-15-8-7-10-3-1-2-4-12(10)15/h5-6,10,12H,1-4,7-9H2,(H,16,17). The average molecular weight is 249 g/mol. The van der Waals surface area contributed by atoms with Gasteiger partial charge < -0.3 is 9.52 Å². The first-order valence-corrected chi connectivity index (χ1v) is 6.80. The number of hydrogen-bond donors (Lipinski definition) is 1. The number of aromatic carboxylic acids is 1. The summed E-state index contributed by atoms with van der Waals surface area (Å²) in [7, 11) is 0. The van der Waals surface area contributed by atoms with E-state index in [9.17, 15) is 4.79 Å². The van der Waals surface area contributed by atoms with Gasteiger partial charge in [0.2, 0.25) is 5.76 Å². The lowest BCUT2D eigenvalue weighted by Crippen LogP contribution is -2.34. The Labute approximate surface area is 107 Å². The van der Waals surface area contributed by atoms with Crippen molar-refractivity contribution >= 4 is 5.97 Å². The fourth-order valence-electron chi connectivity index (χ4n) is 3.48. The van der Waals surface area contributed by atoms with Gasteiger partial charge in [0.1, 0.15) is 5.76 Å². The van der Waals surface area contributed by atoms with Gasteiger partial charge in [0.25, 0.3) is 0 Å². The van der Waals surface area contributed by atoms with Crippen LogP contribution in [0.5, 0.6) is 0 Å². The zero-order valence-electron chi connectivity index (χ0n) is 10.5. The Kier molecular flexibility index (Phi) is 3.12. The Bertz CT molecular complexity index is 440. The number of hydrogen-bond acceptors (Lipinski definition) is 3. The minimum Gasteiger partial charge on any atom is -0.475 e. The van der Waals surface area contributed by atoms with Crippen LogP contribution in [0.1, 0.15) is 48.4 Å². The normalized spacial score (nSPS) is 28.2. The van der Waals surface area contributed by atoms with E-state index in [4.69, 9.17) is 9.52 Å². The quantitative estimate of drug-likeness (QED) is 0.895. The number of carbonyl (C=O) groups is 1. The average Bonchev–Trinajstić information content (AvgIpc) is 2.98. The summed E-state index contributed by atoms with van der Waals surface area (Å²) in [5.41, 5.74) is 0. The van der Waals surface area contributed by atoms with Crippen molar-refractivity contribution in [3.05, 3.63) is 23.7 Å². The lowest BCUT2D eigenvalue weighted by molar-refractivity contribution is 0.0657. The van der Waals surface area contributed by atoms with Gasteiger partial charge >= 0.3 is 5.97 Å². The van der Waals surface area contributed by atoms with Gasteiger partial charge in [-0.15, -0.1) is 0 Å². The van der Waals surface area contributed by atoms with Gasteiger partial charge in [-0.2, -0.15) is 0 Å². The molecule has 0 bridgehead atoms. The van der Waals surface area contributed by atoms with Crippen molar-refractivity contribution in [1.29, 1.82) is 0 Å². The van der Waals surface area contributed by atoms with Crippen LogP contribution in [0.2, 0.25) is 0 Å². The molecule has 2 atom stereocenters. The predicted molar refractivity (Wildman–Crippen MR) is 66.4 cm³/mol. The first kappa shape index (κ1) is 11.8. The summed E-state index contributed by atoms with van der Waals surface area (Å²) < 4.78 is 5.35. The molecular weight excluding hydrogens is 230 g/mol. The molecule has 1 N–H and O–H groups in total. The molecule has 3 rings (SSSR count). The number of rotatable bonds is 3. The second-order valence-electron chi connectivity index (χ2n) is 5.44. The molecule has 0 radical (unpaired) electrons. The summed E-state index contributed by atoms with van der Waals surface area (Å²) in [6.45, 7) is 1.88. The third-order valence-corrected chi connectivity index (χ3v) is 4.36. The molecule has 0 amide bonds. The van der Waals surface area contributed by atoms with Crippen LogP contribution in [0.4, 0.5) is 0 Å². The molecule has 1 aromatic rings. The molecule has 0 spiro atoms. The number of carboxylic acid groups (broad SMARTS) is 1. The van der Waals surface area contributed by atoms with Gasteiger partial charge in [-0.25, -0.2) is 4.79 Å². The lowest BCUT2D eigenvalue weighted by atomic mass is 9.85. The van der Waals surface area contributed by atoms with Gasteiger partial charge in [0.05, 0.1) is 6.54 Å². The van der Waals surface area contributed by atoms with Crippen LogP contribution in [0.15, 0.2) is 16.5 Å². The number of furan rings is 1. The second kappa shape index (κ2) is 4.76. The highest BCUT2D eigenvalue weighted by Gasteiger charge is 2.35. The summed E-state index contributed by atoms with van der Waals surface area (Å²) in [5, 5.41) is 8.84. The van der Waals surface area contributed by atoms with Crippen LogP contribution in [0.3, 0.4) is 0 Å². The molecule has 2 fully saturated rings. The molecule has 98 valence electrons. The number of nitrogens with zero attached hydrogens (tertiary/aromatic N) is 1. The van der Waals surface area contributed by atoms with Crippen LogP contribution >= 0.6 is 0 Å². The fourth-order valence-corrected chi connectivity index (χ4v) is 3.48. The summed E-state index contributed by atoms with van der Waals surface area (Å²) in [6.07, 6.45) is 6.64. The van der Waals surface area contributed by atoms with Crippen LogP contribution in [-0.2, 0) is 6.54 Å². The molecule has 2 heterocycles. The molecule has 4 heteroatoms. The second-order valence-corrected chi connectivity index (χ2v) is 5.44. The molecule has 1 saturated heterocycles. The van der Waals surface area contributed by atoms with E-state index in [0.717, 1.165) is 24.8 Å². The smallest absolute Gasteiger partial charge is 0.371 e. The predicted octanol–water partition coefficient (Wildman–Crippen LogP) is 2.74. The molecule has 2 unspecified atom stereocenters. The van der Waals surface area contributed by atoms with Gasteiger partial charge in [0, 0.05) is 6.04 Å². The maximum atomic E-state index is 10.8. The fraction of sp³-hybridized carbons (Fsp3) is 0.643. The molecule has 18 heavy (non-hydrogen) atoms. The van der Waals surface area contributed by atoms with Crippen molar-refractivity contribution < 1.29 is 14.3 Å². The van der Waals surface area contributed by atoms with Crippen LogP contribution < -0.4 is 0 Å². The molecule has 1 aliphatic heterocycles. The monoisotopic (exact) mass is 249 g/mol. The van der Waals surface area contributed by atoms with E-state index in [1.165, 1.54) is 32.1 Å². The molecule has 1 aromatic heterocycles. The molecular formula is C14H19NO3. The van der Waals surface area contributed by atoms with Crippen molar-refractivity contribution in [2.45, 2.75) is 44.7 Å². The van der Waals surface area contributed by atoms with Gasteiger partial charge in [-0.1, -0.05) is 12.8 Å². The minimum absolute atomic E-state index is 0.0457. The Morgan fingerprint density at radius 2 is 2.17 bits per heavy atom. The van der Waals surface area contributed by atoms with Crippen LogP contribution in [0, 0.1) is 5.92 Å². The van der Waals surface area contributed by atoms with E-state index in [-0.39, 0.29) is 5.76 Å². The van der Waals surface area contributed by atoms with E-state index in [0.29, 0.717) is 6.04 Å². The van der Waals surface area contributed by atoms with Crippen LogP contribution in [0.25, 0.3) is 0 Å². The topological polar surface area (TPSA) is 53.7 Å². The Morgan fingerprint density at radius 3 is 2.94 bits per heavy atom. The Balaban J connectivity index is 1.66. The van der Waals surface area contributed by atoms with Gasteiger partial charge in [-0.3, -0.25) is 4.90 Å². The van der Waals surface area contributed by atoms with E-state index in [1.54, 1.807) is 12.1 Å². The van der Waals surface area contributed by atoms with Crippen molar-refractivity contribution in [1.82, 2.24) is 4.90 Å².